The maximum atomic E-state index is 13.4. The normalized spacial score (nSPS) is 11.8. The lowest BCUT2D eigenvalue weighted by atomic mass is 10.3. The number of pyridine rings is 1. The minimum atomic E-state index is -3.82. The third-order valence-electron chi connectivity index (χ3n) is 2.95. The van der Waals surface area contributed by atoms with Crippen molar-refractivity contribution in [3.05, 3.63) is 54.1 Å². The third kappa shape index (κ3) is 3.56. The zero-order valence-electron chi connectivity index (χ0n) is 11.5. The molecule has 0 amide bonds. The summed E-state index contributed by atoms with van der Waals surface area (Å²) in [6, 6.07) is 8.56. The minimum absolute atomic E-state index is 0.0717. The van der Waals surface area contributed by atoms with Crippen molar-refractivity contribution in [3.63, 3.8) is 0 Å². The van der Waals surface area contributed by atoms with Gasteiger partial charge in [0.05, 0.1) is 17.1 Å². The van der Waals surface area contributed by atoms with E-state index in [9.17, 15) is 12.8 Å². The Morgan fingerprint density at radius 1 is 1.29 bits per heavy atom. The second kappa shape index (κ2) is 6.19. The van der Waals surface area contributed by atoms with E-state index in [2.05, 4.69) is 4.98 Å². The standard InChI is InChI=1S/C14H16FN3O2S/c1-2-18(10-13-5-3-4-6-17-13)21(19,20)14-8-11(15)7-12(16)9-14/h3-9H,2,10,16H2,1H3. The fourth-order valence-corrected chi connectivity index (χ4v) is 3.41. The zero-order chi connectivity index (χ0) is 15.5. The van der Waals surface area contributed by atoms with Crippen LogP contribution in [-0.4, -0.2) is 24.3 Å². The number of hydrogen-bond acceptors (Lipinski definition) is 4. The Morgan fingerprint density at radius 2 is 2.05 bits per heavy atom. The van der Waals surface area contributed by atoms with Gasteiger partial charge in [0, 0.05) is 18.4 Å². The predicted molar refractivity (Wildman–Crippen MR) is 78.3 cm³/mol. The van der Waals surface area contributed by atoms with Crippen LogP contribution in [0.3, 0.4) is 0 Å². The molecule has 0 saturated heterocycles. The molecule has 2 N–H and O–H groups in total. The molecular weight excluding hydrogens is 293 g/mol. The van der Waals surface area contributed by atoms with Gasteiger partial charge in [0.2, 0.25) is 10.0 Å². The van der Waals surface area contributed by atoms with Crippen LogP contribution in [0.5, 0.6) is 0 Å². The summed E-state index contributed by atoms with van der Waals surface area (Å²) in [5.74, 6) is -0.678. The van der Waals surface area contributed by atoms with Crippen LogP contribution in [0.4, 0.5) is 10.1 Å². The molecule has 0 unspecified atom stereocenters. The Bertz CT molecular complexity index is 700. The summed E-state index contributed by atoms with van der Waals surface area (Å²) in [5.41, 5.74) is 6.20. The highest BCUT2D eigenvalue weighted by Gasteiger charge is 2.24. The average molecular weight is 309 g/mol. The molecule has 1 aromatic carbocycles. The fraction of sp³-hybridized carbons (Fsp3) is 0.214. The van der Waals surface area contributed by atoms with E-state index in [0.717, 1.165) is 12.1 Å². The van der Waals surface area contributed by atoms with Crippen molar-refractivity contribution in [2.45, 2.75) is 18.4 Å². The Morgan fingerprint density at radius 3 is 2.62 bits per heavy atom. The van der Waals surface area contributed by atoms with Crippen molar-refractivity contribution in [2.24, 2.45) is 0 Å². The van der Waals surface area contributed by atoms with E-state index in [1.165, 1.54) is 10.4 Å². The first-order valence-corrected chi connectivity index (χ1v) is 7.83. The molecular formula is C14H16FN3O2S. The largest absolute Gasteiger partial charge is 0.399 e. The SMILES string of the molecule is CCN(Cc1ccccn1)S(=O)(=O)c1cc(N)cc(F)c1. The number of sulfonamides is 1. The minimum Gasteiger partial charge on any atom is -0.399 e. The van der Waals surface area contributed by atoms with Crippen LogP contribution < -0.4 is 5.73 Å². The topological polar surface area (TPSA) is 76.3 Å². The van der Waals surface area contributed by atoms with E-state index in [1.807, 2.05) is 0 Å². The number of halogens is 1. The molecule has 0 aliphatic heterocycles. The molecule has 7 heteroatoms. The van der Waals surface area contributed by atoms with Gasteiger partial charge in [0.1, 0.15) is 5.82 Å². The van der Waals surface area contributed by atoms with Crippen LogP contribution >= 0.6 is 0 Å². The summed E-state index contributed by atoms with van der Waals surface area (Å²) in [7, 11) is -3.82. The van der Waals surface area contributed by atoms with Gasteiger partial charge in [0.15, 0.2) is 0 Å². The number of nitrogens with zero attached hydrogens (tertiary/aromatic N) is 2. The lowest BCUT2D eigenvalue weighted by Gasteiger charge is -2.20. The van der Waals surface area contributed by atoms with Crippen molar-refractivity contribution >= 4 is 15.7 Å². The van der Waals surface area contributed by atoms with Gasteiger partial charge in [0.25, 0.3) is 0 Å². The Hall–Kier alpha value is -1.99. The highest BCUT2D eigenvalue weighted by atomic mass is 32.2. The van der Waals surface area contributed by atoms with Crippen LogP contribution in [-0.2, 0) is 16.6 Å². The molecule has 0 saturated carbocycles. The van der Waals surface area contributed by atoms with Gasteiger partial charge >= 0.3 is 0 Å². The third-order valence-corrected chi connectivity index (χ3v) is 4.85. The number of aromatic nitrogens is 1. The zero-order valence-corrected chi connectivity index (χ0v) is 12.3. The van der Waals surface area contributed by atoms with Crippen molar-refractivity contribution in [2.75, 3.05) is 12.3 Å². The molecule has 21 heavy (non-hydrogen) atoms. The quantitative estimate of drug-likeness (QED) is 0.857. The first-order chi connectivity index (χ1) is 9.93. The van der Waals surface area contributed by atoms with Crippen LogP contribution in [0.2, 0.25) is 0 Å². The number of nitrogen functional groups attached to an aromatic ring is 1. The Labute approximate surface area is 123 Å². The summed E-state index contributed by atoms with van der Waals surface area (Å²) in [4.78, 5) is 3.95. The van der Waals surface area contributed by atoms with Crippen LogP contribution in [0.15, 0.2) is 47.5 Å². The van der Waals surface area contributed by atoms with Gasteiger partial charge in [-0.1, -0.05) is 13.0 Å². The molecule has 0 radical (unpaired) electrons. The maximum absolute atomic E-state index is 13.4. The van der Waals surface area contributed by atoms with Gasteiger partial charge in [-0.05, 0) is 30.3 Å². The van der Waals surface area contributed by atoms with Crippen molar-refractivity contribution in [3.8, 4) is 0 Å². The summed E-state index contributed by atoms with van der Waals surface area (Å²) < 4.78 is 39.7. The predicted octanol–water partition coefficient (Wildman–Crippen LogP) is 2.01. The van der Waals surface area contributed by atoms with Gasteiger partial charge in [-0.3, -0.25) is 4.98 Å². The second-order valence-corrected chi connectivity index (χ2v) is 6.41. The van der Waals surface area contributed by atoms with E-state index in [1.54, 1.807) is 31.3 Å². The lowest BCUT2D eigenvalue weighted by Crippen LogP contribution is -2.31. The summed E-state index contributed by atoms with van der Waals surface area (Å²) >= 11 is 0. The van der Waals surface area contributed by atoms with E-state index in [0.29, 0.717) is 5.69 Å². The molecule has 1 heterocycles. The van der Waals surface area contributed by atoms with Gasteiger partial charge in [-0.2, -0.15) is 4.31 Å². The highest BCUT2D eigenvalue weighted by molar-refractivity contribution is 7.89. The first-order valence-electron chi connectivity index (χ1n) is 6.39. The van der Waals surface area contributed by atoms with E-state index in [-0.39, 0.29) is 23.7 Å². The van der Waals surface area contributed by atoms with Crippen LogP contribution in [0.1, 0.15) is 12.6 Å². The number of anilines is 1. The summed E-state index contributed by atoms with van der Waals surface area (Å²) in [6.07, 6.45) is 1.59. The van der Waals surface area contributed by atoms with Gasteiger partial charge < -0.3 is 5.73 Å². The van der Waals surface area contributed by atoms with E-state index >= 15 is 0 Å². The number of nitrogens with two attached hydrogens (primary N) is 1. The molecule has 2 aromatic rings. The Balaban J connectivity index is 2.35. The van der Waals surface area contributed by atoms with E-state index < -0.39 is 15.8 Å². The van der Waals surface area contributed by atoms with Crippen molar-refractivity contribution < 1.29 is 12.8 Å². The average Bonchev–Trinajstić information content (AvgIpc) is 2.44. The van der Waals surface area contributed by atoms with Crippen molar-refractivity contribution in [1.29, 1.82) is 0 Å². The van der Waals surface area contributed by atoms with E-state index in [4.69, 9.17) is 5.73 Å². The molecule has 5 nitrogen and oxygen atoms in total. The van der Waals surface area contributed by atoms with Crippen molar-refractivity contribution in [1.82, 2.24) is 9.29 Å². The summed E-state index contributed by atoms with van der Waals surface area (Å²) in [5, 5.41) is 0. The maximum Gasteiger partial charge on any atom is 0.243 e. The first kappa shape index (κ1) is 15.4. The van der Waals surface area contributed by atoms with Crippen LogP contribution in [0, 0.1) is 5.82 Å². The fourth-order valence-electron chi connectivity index (χ4n) is 1.92. The van der Waals surface area contributed by atoms with Gasteiger partial charge in [-0.15, -0.1) is 0 Å². The van der Waals surface area contributed by atoms with Crippen LogP contribution in [0.25, 0.3) is 0 Å². The molecule has 0 fully saturated rings. The molecule has 1 aromatic heterocycles. The molecule has 0 bridgehead atoms. The second-order valence-electron chi connectivity index (χ2n) is 4.47. The number of benzene rings is 1. The highest BCUT2D eigenvalue weighted by Crippen LogP contribution is 2.21. The monoisotopic (exact) mass is 309 g/mol. The molecule has 0 atom stereocenters. The lowest BCUT2D eigenvalue weighted by molar-refractivity contribution is 0.418. The number of rotatable bonds is 5. The molecule has 0 aliphatic carbocycles. The number of hydrogen-bond donors (Lipinski definition) is 1. The van der Waals surface area contributed by atoms with Gasteiger partial charge in [-0.25, -0.2) is 12.8 Å². The molecule has 0 aliphatic rings. The molecule has 112 valence electrons. The summed E-state index contributed by atoms with van der Waals surface area (Å²) in [6.45, 7) is 2.08. The Kier molecular flexibility index (Phi) is 4.54. The smallest absolute Gasteiger partial charge is 0.243 e. The molecule has 0 spiro atoms. The molecule has 2 rings (SSSR count).